The minimum atomic E-state index is 0.280. The minimum Gasteiger partial charge on any atom is -0.340 e. The second kappa shape index (κ2) is 4.27. The van der Waals surface area contributed by atoms with Gasteiger partial charge in [0.1, 0.15) is 0 Å². The lowest BCUT2D eigenvalue weighted by molar-refractivity contribution is 0.525. The standard InChI is InChI=1S/C13H17BN4/c1-9-3-10(2)17-13(16-9)18-6-11-4-14(8-15)5-12(11)7-18/h3,11-12H,4-7H2,1-2H3. The Morgan fingerprint density at radius 3 is 2.28 bits per heavy atom. The van der Waals surface area contributed by atoms with Gasteiger partial charge in [-0.3, -0.25) is 0 Å². The predicted molar refractivity (Wildman–Crippen MR) is 71.7 cm³/mol. The summed E-state index contributed by atoms with van der Waals surface area (Å²) >= 11 is 0. The third-order valence-corrected chi connectivity index (χ3v) is 4.19. The van der Waals surface area contributed by atoms with E-state index in [2.05, 4.69) is 20.8 Å². The Labute approximate surface area is 108 Å². The van der Waals surface area contributed by atoms with Gasteiger partial charge in [0.25, 0.3) is 6.71 Å². The second-order valence-electron chi connectivity index (χ2n) is 5.67. The molecular weight excluding hydrogens is 223 g/mol. The van der Waals surface area contributed by atoms with Crippen LogP contribution in [0.4, 0.5) is 5.95 Å². The number of hydrogen-bond acceptors (Lipinski definition) is 4. The van der Waals surface area contributed by atoms with Crippen LogP contribution < -0.4 is 4.90 Å². The van der Waals surface area contributed by atoms with Gasteiger partial charge in [-0.15, -0.1) is 0 Å². The van der Waals surface area contributed by atoms with Gasteiger partial charge in [-0.05, 0) is 31.7 Å². The average molecular weight is 240 g/mol. The molecule has 3 heterocycles. The highest BCUT2D eigenvalue weighted by Crippen LogP contribution is 2.39. The summed E-state index contributed by atoms with van der Waals surface area (Å²) in [7, 11) is 0. The zero-order chi connectivity index (χ0) is 12.7. The van der Waals surface area contributed by atoms with Gasteiger partial charge < -0.3 is 4.90 Å². The van der Waals surface area contributed by atoms with Crippen molar-refractivity contribution in [3.8, 4) is 5.97 Å². The summed E-state index contributed by atoms with van der Waals surface area (Å²) in [6.45, 7) is 6.35. The Hall–Kier alpha value is -1.57. The van der Waals surface area contributed by atoms with Crippen LogP contribution in [0.2, 0.25) is 12.6 Å². The number of aryl methyl sites for hydroxylation is 2. The van der Waals surface area contributed by atoms with Crippen molar-refractivity contribution in [3.63, 3.8) is 0 Å². The molecule has 1 aromatic rings. The molecule has 2 atom stereocenters. The molecule has 2 aliphatic rings. The van der Waals surface area contributed by atoms with Crippen LogP contribution in [0.1, 0.15) is 11.4 Å². The maximum atomic E-state index is 8.99. The fourth-order valence-corrected chi connectivity index (χ4v) is 3.42. The number of anilines is 1. The number of hydrogen-bond donors (Lipinski definition) is 0. The van der Waals surface area contributed by atoms with Crippen LogP contribution in [0.25, 0.3) is 0 Å². The molecule has 0 amide bonds. The molecule has 2 saturated heterocycles. The van der Waals surface area contributed by atoms with E-state index >= 15 is 0 Å². The molecule has 4 nitrogen and oxygen atoms in total. The van der Waals surface area contributed by atoms with Gasteiger partial charge in [-0.2, -0.15) is 0 Å². The van der Waals surface area contributed by atoms with E-state index in [0.717, 1.165) is 43.1 Å². The number of nitriles is 1. The van der Waals surface area contributed by atoms with Gasteiger partial charge in [0.05, 0.1) is 0 Å². The van der Waals surface area contributed by atoms with Gasteiger partial charge in [-0.25, -0.2) is 15.2 Å². The molecule has 0 radical (unpaired) electrons. The highest BCUT2D eigenvalue weighted by atomic mass is 15.3. The summed E-state index contributed by atoms with van der Waals surface area (Å²) < 4.78 is 0. The van der Waals surface area contributed by atoms with Crippen molar-refractivity contribution >= 4 is 12.7 Å². The van der Waals surface area contributed by atoms with Gasteiger partial charge in [0.15, 0.2) is 0 Å². The number of fused-ring (bicyclic) bond motifs is 1. The molecular formula is C13H17BN4. The van der Waals surface area contributed by atoms with Crippen LogP contribution >= 0.6 is 0 Å². The summed E-state index contributed by atoms with van der Waals surface area (Å²) in [5.41, 5.74) is 2.06. The van der Waals surface area contributed by atoms with E-state index in [1.165, 1.54) is 0 Å². The number of rotatable bonds is 1. The summed E-state index contributed by atoms with van der Waals surface area (Å²) in [5, 5.41) is 8.99. The third-order valence-electron chi connectivity index (χ3n) is 4.19. The van der Waals surface area contributed by atoms with Crippen LogP contribution in [0.5, 0.6) is 0 Å². The lowest BCUT2D eigenvalue weighted by Gasteiger charge is -2.18. The zero-order valence-corrected chi connectivity index (χ0v) is 10.9. The van der Waals surface area contributed by atoms with Crippen molar-refractivity contribution in [3.05, 3.63) is 17.5 Å². The van der Waals surface area contributed by atoms with E-state index in [0.29, 0.717) is 11.8 Å². The first-order valence-electron chi connectivity index (χ1n) is 6.62. The van der Waals surface area contributed by atoms with Gasteiger partial charge in [-0.1, -0.05) is 12.6 Å². The Morgan fingerprint density at radius 1 is 1.22 bits per heavy atom. The second-order valence-corrected chi connectivity index (χ2v) is 5.67. The van der Waals surface area contributed by atoms with E-state index in [1.54, 1.807) is 0 Å². The van der Waals surface area contributed by atoms with Crippen molar-refractivity contribution in [1.82, 2.24) is 9.97 Å². The molecule has 0 saturated carbocycles. The molecule has 5 heteroatoms. The van der Waals surface area contributed by atoms with E-state index in [4.69, 9.17) is 5.26 Å². The highest BCUT2D eigenvalue weighted by molar-refractivity contribution is 6.67. The Balaban J connectivity index is 1.76. The SMILES string of the molecule is Cc1cc(C)nc(N2CC3CB(C#N)CC3C2)n1. The van der Waals surface area contributed by atoms with Crippen molar-refractivity contribution in [1.29, 1.82) is 5.26 Å². The topological polar surface area (TPSA) is 52.8 Å². The molecule has 0 spiro atoms. The monoisotopic (exact) mass is 240 g/mol. The largest absolute Gasteiger partial charge is 0.340 e. The first-order valence-corrected chi connectivity index (χ1v) is 6.62. The lowest BCUT2D eigenvalue weighted by atomic mass is 9.49. The predicted octanol–water partition coefficient (Wildman–Crippen LogP) is 1.72. The Kier molecular flexibility index (Phi) is 2.73. The maximum Gasteiger partial charge on any atom is 0.268 e. The minimum absolute atomic E-state index is 0.280. The summed E-state index contributed by atoms with van der Waals surface area (Å²) in [5.74, 6) is 4.62. The van der Waals surface area contributed by atoms with Gasteiger partial charge in [0.2, 0.25) is 5.95 Å². The molecule has 0 bridgehead atoms. The lowest BCUT2D eigenvalue weighted by Crippen LogP contribution is -2.25. The van der Waals surface area contributed by atoms with E-state index in [-0.39, 0.29) is 6.71 Å². The molecule has 2 fully saturated rings. The van der Waals surface area contributed by atoms with E-state index < -0.39 is 0 Å². The van der Waals surface area contributed by atoms with Crippen LogP contribution in [0.3, 0.4) is 0 Å². The van der Waals surface area contributed by atoms with Crippen molar-refractivity contribution in [2.24, 2.45) is 11.8 Å². The molecule has 2 aliphatic heterocycles. The highest BCUT2D eigenvalue weighted by Gasteiger charge is 2.43. The zero-order valence-electron chi connectivity index (χ0n) is 10.9. The molecule has 3 rings (SSSR count). The first-order chi connectivity index (χ1) is 8.65. The smallest absolute Gasteiger partial charge is 0.268 e. The number of nitrogens with zero attached hydrogens (tertiary/aromatic N) is 4. The van der Waals surface area contributed by atoms with Gasteiger partial charge >= 0.3 is 0 Å². The van der Waals surface area contributed by atoms with Crippen LogP contribution in [-0.4, -0.2) is 29.8 Å². The number of aromatic nitrogens is 2. The van der Waals surface area contributed by atoms with E-state index in [9.17, 15) is 0 Å². The summed E-state index contributed by atoms with van der Waals surface area (Å²) in [4.78, 5) is 11.4. The summed E-state index contributed by atoms with van der Waals surface area (Å²) in [6, 6.07) is 2.01. The van der Waals surface area contributed by atoms with Crippen LogP contribution in [-0.2, 0) is 0 Å². The normalized spacial score (nSPS) is 26.3. The molecule has 1 aromatic heterocycles. The molecule has 18 heavy (non-hydrogen) atoms. The van der Waals surface area contributed by atoms with Crippen molar-refractivity contribution in [2.45, 2.75) is 26.5 Å². The van der Waals surface area contributed by atoms with Crippen molar-refractivity contribution < 1.29 is 0 Å². The molecule has 0 N–H and O–H groups in total. The Morgan fingerprint density at radius 2 is 1.78 bits per heavy atom. The molecule has 2 unspecified atom stereocenters. The van der Waals surface area contributed by atoms with E-state index in [1.807, 2.05) is 19.9 Å². The molecule has 0 aliphatic carbocycles. The summed E-state index contributed by atoms with van der Waals surface area (Å²) in [6.07, 6.45) is 2.12. The van der Waals surface area contributed by atoms with Gasteiger partial charge in [0, 0.05) is 30.4 Å². The van der Waals surface area contributed by atoms with Crippen LogP contribution in [0, 0.1) is 36.9 Å². The maximum absolute atomic E-state index is 8.99. The third kappa shape index (κ3) is 1.96. The first kappa shape index (κ1) is 11.5. The van der Waals surface area contributed by atoms with Crippen molar-refractivity contribution in [2.75, 3.05) is 18.0 Å². The van der Waals surface area contributed by atoms with Crippen LogP contribution in [0.15, 0.2) is 6.07 Å². The molecule has 92 valence electrons. The fourth-order valence-electron chi connectivity index (χ4n) is 3.42. The quantitative estimate of drug-likeness (QED) is 0.701. The fraction of sp³-hybridized carbons (Fsp3) is 0.615. The molecule has 0 aromatic carbocycles. The average Bonchev–Trinajstić information content (AvgIpc) is 2.84. The Bertz CT molecular complexity index is 476.